The van der Waals surface area contributed by atoms with Crippen LogP contribution < -0.4 is 0 Å². The van der Waals surface area contributed by atoms with Gasteiger partial charge in [-0.05, 0) is 11.3 Å². The van der Waals surface area contributed by atoms with E-state index >= 15 is 0 Å². The van der Waals surface area contributed by atoms with Crippen LogP contribution in [0.1, 0.15) is 34.6 Å². The number of hydrogen-bond acceptors (Lipinski definition) is 3. The molecule has 0 amide bonds. The van der Waals surface area contributed by atoms with E-state index in [1.807, 2.05) is 34.6 Å². The van der Waals surface area contributed by atoms with Crippen molar-refractivity contribution in [1.82, 2.24) is 0 Å². The zero-order valence-electron chi connectivity index (χ0n) is 10.2. The summed E-state index contributed by atoms with van der Waals surface area (Å²) < 4.78 is 0. The van der Waals surface area contributed by atoms with Crippen LogP contribution in [0.15, 0.2) is 0 Å². The van der Waals surface area contributed by atoms with Gasteiger partial charge in [0.1, 0.15) is 6.29 Å². The smallest absolute Gasteiger partial charge is 0.207 e. The van der Waals surface area contributed by atoms with Gasteiger partial charge in [0.2, 0.25) is 6.54 Å². The van der Waals surface area contributed by atoms with E-state index in [2.05, 4.69) is 0 Å². The predicted octanol–water partition coefficient (Wildman–Crippen LogP) is 2.40. The van der Waals surface area contributed by atoms with Gasteiger partial charge in [-0.25, -0.2) is 0 Å². The second kappa shape index (κ2) is 5.24. The molecule has 0 rings (SSSR count). The van der Waals surface area contributed by atoms with E-state index < -0.39 is 0 Å². The maximum Gasteiger partial charge on any atom is 0.207 e. The molecule has 88 valence electrons. The Kier molecular flexibility index (Phi) is 4.91. The molecule has 4 nitrogen and oxygen atoms in total. The summed E-state index contributed by atoms with van der Waals surface area (Å²) >= 11 is 0. The summed E-state index contributed by atoms with van der Waals surface area (Å²) in [7, 11) is 0. The Morgan fingerprint density at radius 2 is 1.80 bits per heavy atom. The van der Waals surface area contributed by atoms with Crippen molar-refractivity contribution in [2.75, 3.05) is 6.54 Å². The maximum absolute atomic E-state index is 11.0. The second-order valence-electron chi connectivity index (χ2n) is 5.45. The van der Waals surface area contributed by atoms with Gasteiger partial charge in [-0.1, -0.05) is 34.6 Å². The van der Waals surface area contributed by atoms with Crippen molar-refractivity contribution in [2.24, 2.45) is 23.2 Å². The summed E-state index contributed by atoms with van der Waals surface area (Å²) in [6.07, 6.45) is 0.865. The largest absolute Gasteiger partial charge is 0.303 e. The first-order valence-corrected chi connectivity index (χ1v) is 5.27. The molecule has 0 aliphatic rings. The lowest BCUT2D eigenvalue weighted by atomic mass is 9.70. The highest BCUT2D eigenvalue weighted by molar-refractivity contribution is 5.54. The first-order valence-electron chi connectivity index (χ1n) is 5.27. The lowest BCUT2D eigenvalue weighted by molar-refractivity contribution is -0.493. The minimum Gasteiger partial charge on any atom is -0.303 e. The van der Waals surface area contributed by atoms with Gasteiger partial charge in [-0.2, -0.15) is 0 Å². The van der Waals surface area contributed by atoms with Crippen molar-refractivity contribution in [1.29, 1.82) is 0 Å². The molecule has 0 N–H and O–H groups in total. The Hall–Kier alpha value is -0.930. The normalized spacial score (nSPS) is 16.1. The summed E-state index contributed by atoms with van der Waals surface area (Å²) in [6, 6.07) is 0. The molecule has 2 atom stereocenters. The van der Waals surface area contributed by atoms with Crippen LogP contribution in [0, 0.1) is 33.3 Å². The van der Waals surface area contributed by atoms with Gasteiger partial charge >= 0.3 is 0 Å². The third-order valence-corrected chi connectivity index (χ3v) is 2.85. The quantitative estimate of drug-likeness (QED) is 0.402. The van der Waals surface area contributed by atoms with Gasteiger partial charge in [0.25, 0.3) is 0 Å². The highest BCUT2D eigenvalue weighted by Gasteiger charge is 2.37. The maximum atomic E-state index is 11.0. The van der Waals surface area contributed by atoms with E-state index in [4.69, 9.17) is 0 Å². The van der Waals surface area contributed by atoms with Crippen LogP contribution >= 0.6 is 0 Å². The Balaban J connectivity index is 4.90. The molecule has 0 aliphatic carbocycles. The zero-order chi connectivity index (χ0) is 12.2. The van der Waals surface area contributed by atoms with E-state index in [0.717, 1.165) is 6.29 Å². The van der Waals surface area contributed by atoms with Gasteiger partial charge in [0.15, 0.2) is 0 Å². The Bertz CT molecular complexity index is 230. The van der Waals surface area contributed by atoms with Crippen molar-refractivity contribution in [3.63, 3.8) is 0 Å². The van der Waals surface area contributed by atoms with E-state index in [0.29, 0.717) is 0 Å². The summed E-state index contributed by atoms with van der Waals surface area (Å²) in [5, 5.41) is 10.6. The van der Waals surface area contributed by atoms with E-state index in [1.54, 1.807) is 0 Å². The Morgan fingerprint density at radius 1 is 1.33 bits per heavy atom. The van der Waals surface area contributed by atoms with Crippen LogP contribution in [0.3, 0.4) is 0 Å². The standard InChI is InChI=1S/C11H21NO3/c1-8(2)9(7-13)10(6-12(14)15)11(3,4)5/h7-10H,6H2,1-5H3/t9-,10+/m1/s1. The Labute approximate surface area is 91.2 Å². The first kappa shape index (κ1) is 14.1. The molecule has 0 aromatic rings. The molecule has 0 aromatic heterocycles. The molecular weight excluding hydrogens is 194 g/mol. The number of rotatable bonds is 5. The molecule has 0 unspecified atom stereocenters. The molecule has 0 saturated heterocycles. The molecule has 0 aromatic carbocycles. The zero-order valence-corrected chi connectivity index (χ0v) is 10.2. The second-order valence-corrected chi connectivity index (χ2v) is 5.45. The minimum atomic E-state index is -0.325. The molecule has 4 heteroatoms. The van der Waals surface area contributed by atoms with Gasteiger partial charge in [-0.3, -0.25) is 10.1 Å². The van der Waals surface area contributed by atoms with Crippen molar-refractivity contribution >= 4 is 6.29 Å². The summed E-state index contributed by atoms with van der Waals surface area (Å²) in [5.41, 5.74) is -0.219. The fourth-order valence-corrected chi connectivity index (χ4v) is 1.85. The molecular formula is C11H21NO3. The van der Waals surface area contributed by atoms with Gasteiger partial charge in [0, 0.05) is 16.8 Å². The molecule has 0 fully saturated rings. The lowest BCUT2D eigenvalue weighted by Gasteiger charge is -2.33. The number of carbonyl (C=O) groups excluding carboxylic acids is 1. The van der Waals surface area contributed by atoms with Crippen LogP contribution in [0.2, 0.25) is 0 Å². The fraction of sp³-hybridized carbons (Fsp3) is 0.909. The number of hydrogen-bond donors (Lipinski definition) is 0. The molecule has 15 heavy (non-hydrogen) atoms. The average Bonchev–Trinajstić information content (AvgIpc) is 2.00. The number of aldehydes is 1. The first-order chi connectivity index (χ1) is 6.70. The summed E-state index contributed by atoms with van der Waals surface area (Å²) in [5.74, 6) is -0.299. The predicted molar refractivity (Wildman–Crippen MR) is 59.2 cm³/mol. The lowest BCUT2D eigenvalue weighted by Crippen LogP contribution is -2.37. The number of nitrogens with zero attached hydrogens (tertiary/aromatic N) is 1. The topological polar surface area (TPSA) is 60.2 Å². The van der Waals surface area contributed by atoms with Gasteiger partial charge < -0.3 is 4.79 Å². The number of nitro groups is 1. The number of carbonyl (C=O) groups is 1. The monoisotopic (exact) mass is 215 g/mol. The summed E-state index contributed by atoms with van der Waals surface area (Å²) in [6.45, 7) is 9.56. The molecule has 0 saturated carbocycles. The fourth-order valence-electron chi connectivity index (χ4n) is 1.85. The average molecular weight is 215 g/mol. The van der Waals surface area contributed by atoms with E-state index in [9.17, 15) is 14.9 Å². The van der Waals surface area contributed by atoms with Gasteiger partial charge in [0.05, 0.1) is 0 Å². The third kappa shape index (κ3) is 4.40. The van der Waals surface area contributed by atoms with Crippen LogP contribution in [-0.2, 0) is 4.79 Å². The van der Waals surface area contributed by atoms with Gasteiger partial charge in [-0.15, -0.1) is 0 Å². The van der Waals surface area contributed by atoms with Crippen LogP contribution in [-0.4, -0.2) is 17.8 Å². The minimum absolute atomic E-state index is 0.134. The highest BCUT2D eigenvalue weighted by Crippen LogP contribution is 2.34. The van der Waals surface area contributed by atoms with Crippen LogP contribution in [0.4, 0.5) is 0 Å². The van der Waals surface area contributed by atoms with E-state index in [1.165, 1.54) is 0 Å². The van der Waals surface area contributed by atoms with Crippen molar-refractivity contribution in [3.8, 4) is 0 Å². The molecule has 0 spiro atoms. The van der Waals surface area contributed by atoms with Crippen molar-refractivity contribution < 1.29 is 9.72 Å². The highest BCUT2D eigenvalue weighted by atomic mass is 16.6. The van der Waals surface area contributed by atoms with Crippen molar-refractivity contribution in [3.05, 3.63) is 10.1 Å². The molecule has 0 radical (unpaired) electrons. The van der Waals surface area contributed by atoms with E-state index in [-0.39, 0.29) is 34.6 Å². The van der Waals surface area contributed by atoms with Crippen LogP contribution in [0.5, 0.6) is 0 Å². The summed E-state index contributed by atoms with van der Waals surface area (Å²) in [4.78, 5) is 21.3. The molecule has 0 heterocycles. The Morgan fingerprint density at radius 3 is 2.00 bits per heavy atom. The third-order valence-electron chi connectivity index (χ3n) is 2.85. The molecule has 0 bridgehead atoms. The van der Waals surface area contributed by atoms with Crippen LogP contribution in [0.25, 0.3) is 0 Å². The molecule has 0 aliphatic heterocycles. The SMILES string of the molecule is CC(C)[C@@H](C=O)[C@H](C[N+](=O)[O-])C(C)(C)C. The van der Waals surface area contributed by atoms with Crippen molar-refractivity contribution in [2.45, 2.75) is 34.6 Å².